The molecule has 1 unspecified atom stereocenters. The van der Waals surface area contributed by atoms with Crippen molar-refractivity contribution in [3.05, 3.63) is 71.3 Å². The first kappa shape index (κ1) is 20.2. The summed E-state index contributed by atoms with van der Waals surface area (Å²) in [5, 5.41) is 0. The minimum absolute atomic E-state index is 0. The molecule has 0 heterocycles. The number of methoxy groups -OCH3 is 1. The summed E-state index contributed by atoms with van der Waals surface area (Å²) in [7, 11) is 1.55. The summed E-state index contributed by atoms with van der Waals surface area (Å²) in [6, 6.07) is 17.4. The van der Waals surface area contributed by atoms with Gasteiger partial charge in [0, 0.05) is 20.2 Å². The van der Waals surface area contributed by atoms with E-state index in [-0.39, 0.29) is 24.9 Å². The van der Waals surface area contributed by atoms with Crippen LogP contribution in [0.25, 0.3) is 0 Å². The SMILES string of the molecule is COCC(N)C(=O)N(Cc1ccccc1)Cc1ccccc1C.Cl. The Bertz CT molecular complexity index is 634. The van der Waals surface area contributed by atoms with Crippen LogP contribution in [0.4, 0.5) is 0 Å². The lowest BCUT2D eigenvalue weighted by Crippen LogP contribution is -2.45. The van der Waals surface area contributed by atoms with Crippen LogP contribution in [-0.4, -0.2) is 30.6 Å². The van der Waals surface area contributed by atoms with Crippen molar-refractivity contribution in [2.45, 2.75) is 26.1 Å². The first-order valence-electron chi connectivity index (χ1n) is 7.73. The van der Waals surface area contributed by atoms with Crippen molar-refractivity contribution >= 4 is 18.3 Å². The Morgan fingerprint density at radius 1 is 1.08 bits per heavy atom. The first-order chi connectivity index (χ1) is 11.1. The molecule has 0 radical (unpaired) electrons. The van der Waals surface area contributed by atoms with E-state index in [2.05, 4.69) is 13.0 Å². The number of ether oxygens (including phenoxy) is 1. The summed E-state index contributed by atoms with van der Waals surface area (Å²) in [4.78, 5) is 14.5. The second-order valence-corrected chi connectivity index (χ2v) is 5.67. The van der Waals surface area contributed by atoms with Gasteiger partial charge in [0.15, 0.2) is 0 Å². The van der Waals surface area contributed by atoms with E-state index in [1.165, 1.54) is 5.56 Å². The van der Waals surface area contributed by atoms with Crippen LogP contribution in [0.1, 0.15) is 16.7 Å². The lowest BCUT2D eigenvalue weighted by Gasteiger charge is -2.26. The average molecular weight is 349 g/mol. The van der Waals surface area contributed by atoms with Crippen molar-refractivity contribution in [2.75, 3.05) is 13.7 Å². The van der Waals surface area contributed by atoms with Crippen LogP contribution < -0.4 is 5.73 Å². The molecule has 5 heteroatoms. The predicted molar refractivity (Wildman–Crippen MR) is 99.0 cm³/mol. The summed E-state index contributed by atoms with van der Waals surface area (Å²) in [5.41, 5.74) is 9.33. The van der Waals surface area contributed by atoms with Crippen LogP contribution in [0.3, 0.4) is 0 Å². The monoisotopic (exact) mass is 348 g/mol. The van der Waals surface area contributed by atoms with Crippen LogP contribution in [0.15, 0.2) is 54.6 Å². The number of halogens is 1. The Balaban J connectivity index is 0.00000288. The molecule has 2 N–H and O–H groups in total. The van der Waals surface area contributed by atoms with Crippen molar-refractivity contribution in [1.82, 2.24) is 4.90 Å². The zero-order valence-corrected chi connectivity index (χ0v) is 15.0. The molecule has 130 valence electrons. The fraction of sp³-hybridized carbons (Fsp3) is 0.316. The summed E-state index contributed by atoms with van der Waals surface area (Å²) >= 11 is 0. The first-order valence-corrected chi connectivity index (χ1v) is 7.73. The topological polar surface area (TPSA) is 55.6 Å². The van der Waals surface area contributed by atoms with Gasteiger partial charge < -0.3 is 15.4 Å². The van der Waals surface area contributed by atoms with E-state index in [9.17, 15) is 4.79 Å². The standard InChI is InChI=1S/C19H24N2O2.ClH/c1-15-8-6-7-11-17(15)13-21(19(22)18(20)14-23-2)12-16-9-4-3-5-10-16;/h3-11,18H,12-14,20H2,1-2H3;1H. The summed E-state index contributed by atoms with van der Waals surface area (Å²) in [5.74, 6) is -0.0982. The van der Waals surface area contributed by atoms with Crippen molar-refractivity contribution in [1.29, 1.82) is 0 Å². The summed E-state index contributed by atoms with van der Waals surface area (Å²) in [6.07, 6.45) is 0. The van der Waals surface area contributed by atoms with Crippen LogP contribution >= 0.6 is 12.4 Å². The second-order valence-electron chi connectivity index (χ2n) is 5.67. The molecule has 0 spiro atoms. The quantitative estimate of drug-likeness (QED) is 0.837. The Hall–Kier alpha value is -1.88. The van der Waals surface area contributed by atoms with E-state index >= 15 is 0 Å². The van der Waals surface area contributed by atoms with Gasteiger partial charge in [-0.25, -0.2) is 0 Å². The van der Waals surface area contributed by atoms with Crippen molar-refractivity contribution in [2.24, 2.45) is 5.73 Å². The molecule has 0 bridgehead atoms. The Labute approximate surface area is 150 Å². The number of carbonyl (C=O) groups excluding carboxylic acids is 1. The predicted octanol–water partition coefficient (Wildman–Crippen LogP) is 2.92. The van der Waals surface area contributed by atoms with E-state index < -0.39 is 6.04 Å². The van der Waals surface area contributed by atoms with Gasteiger partial charge in [-0.05, 0) is 23.6 Å². The molecule has 0 saturated heterocycles. The van der Waals surface area contributed by atoms with Gasteiger partial charge in [0.1, 0.15) is 6.04 Å². The Kier molecular flexibility index (Phi) is 8.47. The number of nitrogens with zero attached hydrogens (tertiary/aromatic N) is 1. The summed E-state index contributed by atoms with van der Waals surface area (Å²) < 4.78 is 5.03. The molecule has 0 aromatic heterocycles. The smallest absolute Gasteiger partial charge is 0.242 e. The number of hydrogen-bond acceptors (Lipinski definition) is 3. The third-order valence-corrected chi connectivity index (χ3v) is 3.81. The molecule has 4 nitrogen and oxygen atoms in total. The van der Waals surface area contributed by atoms with E-state index in [0.717, 1.165) is 11.1 Å². The molecule has 0 aliphatic heterocycles. The van der Waals surface area contributed by atoms with Crippen LogP contribution in [-0.2, 0) is 22.6 Å². The molecule has 0 aliphatic carbocycles. The number of amides is 1. The van der Waals surface area contributed by atoms with Gasteiger partial charge in [-0.3, -0.25) is 4.79 Å². The van der Waals surface area contributed by atoms with E-state index in [4.69, 9.17) is 10.5 Å². The molecular formula is C19H25ClN2O2. The Morgan fingerprint density at radius 2 is 1.71 bits per heavy atom. The van der Waals surface area contributed by atoms with Crippen molar-refractivity contribution in [3.63, 3.8) is 0 Å². The number of benzene rings is 2. The van der Waals surface area contributed by atoms with Crippen LogP contribution in [0.5, 0.6) is 0 Å². The molecule has 1 atom stereocenters. The van der Waals surface area contributed by atoms with Crippen molar-refractivity contribution < 1.29 is 9.53 Å². The number of rotatable bonds is 7. The average Bonchev–Trinajstić information content (AvgIpc) is 2.56. The van der Waals surface area contributed by atoms with Crippen LogP contribution in [0, 0.1) is 6.92 Å². The maximum atomic E-state index is 12.7. The zero-order valence-electron chi connectivity index (χ0n) is 14.1. The van der Waals surface area contributed by atoms with Crippen molar-refractivity contribution in [3.8, 4) is 0 Å². The van der Waals surface area contributed by atoms with Gasteiger partial charge in [0.05, 0.1) is 6.61 Å². The minimum Gasteiger partial charge on any atom is -0.383 e. The van der Waals surface area contributed by atoms with Gasteiger partial charge in [0.2, 0.25) is 5.91 Å². The molecule has 0 fully saturated rings. The molecular weight excluding hydrogens is 324 g/mol. The molecule has 0 aliphatic rings. The second kappa shape index (κ2) is 10.1. The highest BCUT2D eigenvalue weighted by molar-refractivity contribution is 5.85. The van der Waals surface area contributed by atoms with Gasteiger partial charge in [0.25, 0.3) is 0 Å². The molecule has 24 heavy (non-hydrogen) atoms. The normalized spacial score (nSPS) is 11.5. The highest BCUT2D eigenvalue weighted by Gasteiger charge is 2.21. The Morgan fingerprint density at radius 3 is 2.33 bits per heavy atom. The van der Waals surface area contributed by atoms with E-state index in [1.54, 1.807) is 12.0 Å². The van der Waals surface area contributed by atoms with Crippen LogP contribution in [0.2, 0.25) is 0 Å². The molecule has 2 aromatic rings. The van der Waals surface area contributed by atoms with Gasteiger partial charge in [-0.1, -0.05) is 54.6 Å². The largest absolute Gasteiger partial charge is 0.383 e. The highest BCUT2D eigenvalue weighted by Crippen LogP contribution is 2.14. The van der Waals surface area contributed by atoms with E-state index in [0.29, 0.717) is 13.1 Å². The van der Waals surface area contributed by atoms with Gasteiger partial charge in [-0.2, -0.15) is 0 Å². The fourth-order valence-corrected chi connectivity index (χ4v) is 2.49. The summed E-state index contributed by atoms with van der Waals surface area (Å²) in [6.45, 7) is 3.34. The molecule has 2 aromatic carbocycles. The number of carbonyl (C=O) groups is 1. The van der Waals surface area contributed by atoms with E-state index in [1.807, 2.05) is 48.5 Å². The minimum atomic E-state index is -0.646. The maximum absolute atomic E-state index is 12.7. The molecule has 0 saturated carbocycles. The number of hydrogen-bond donors (Lipinski definition) is 1. The highest BCUT2D eigenvalue weighted by atomic mass is 35.5. The maximum Gasteiger partial charge on any atom is 0.242 e. The zero-order chi connectivity index (χ0) is 16.7. The lowest BCUT2D eigenvalue weighted by atomic mass is 10.1. The number of nitrogens with two attached hydrogens (primary N) is 1. The molecule has 1 amide bonds. The fourth-order valence-electron chi connectivity index (χ4n) is 2.49. The van der Waals surface area contributed by atoms with Gasteiger partial charge in [-0.15, -0.1) is 12.4 Å². The lowest BCUT2D eigenvalue weighted by molar-refractivity contribution is -0.135. The third-order valence-electron chi connectivity index (χ3n) is 3.81. The van der Waals surface area contributed by atoms with Gasteiger partial charge >= 0.3 is 0 Å². The third kappa shape index (κ3) is 5.64. The number of aryl methyl sites for hydroxylation is 1. The molecule has 2 rings (SSSR count).